The molecule has 0 aromatic heterocycles. The van der Waals surface area contributed by atoms with Crippen molar-refractivity contribution in [3.8, 4) is 0 Å². The Hall–Kier alpha value is -4.50. The number of anilines is 1. The number of halogens is 1. The maximum Gasteiger partial charge on any atom is 0.264 e. The minimum absolute atomic E-state index is 0.0145. The van der Waals surface area contributed by atoms with Gasteiger partial charge in [0.1, 0.15) is 18.4 Å². The number of carbonyl (C=O) groups excluding carboxylic acids is 2. The van der Waals surface area contributed by atoms with Crippen molar-refractivity contribution >= 4 is 27.5 Å². The van der Waals surface area contributed by atoms with E-state index in [4.69, 9.17) is 0 Å². The van der Waals surface area contributed by atoms with Gasteiger partial charge in [-0.05, 0) is 49.7 Å². The summed E-state index contributed by atoms with van der Waals surface area (Å²) in [6.45, 7) is 2.78. The fourth-order valence-corrected chi connectivity index (χ4v) is 6.02. The highest BCUT2D eigenvalue weighted by Gasteiger charge is 2.35. The average Bonchev–Trinajstić information content (AvgIpc) is 2.99. The minimum Gasteiger partial charge on any atom is -0.352 e. The van der Waals surface area contributed by atoms with Gasteiger partial charge in [0.2, 0.25) is 11.8 Å². The van der Waals surface area contributed by atoms with Crippen molar-refractivity contribution in [3.63, 3.8) is 0 Å². The molecule has 0 radical (unpaired) electrons. The van der Waals surface area contributed by atoms with Crippen molar-refractivity contribution in [3.05, 3.63) is 132 Å². The summed E-state index contributed by atoms with van der Waals surface area (Å²) >= 11 is 0. The summed E-state index contributed by atoms with van der Waals surface area (Å²) in [7, 11) is -4.18. The van der Waals surface area contributed by atoms with Crippen LogP contribution in [0.25, 0.3) is 0 Å². The van der Waals surface area contributed by atoms with E-state index >= 15 is 0 Å². The first-order valence-electron chi connectivity index (χ1n) is 13.7. The van der Waals surface area contributed by atoms with Crippen LogP contribution in [-0.2, 0) is 32.6 Å². The standard InChI is InChI=1S/C33H34FN3O4S/c1-25(2)35-33(39)31(22-26-14-6-3-7-15-26)36(23-27-16-12-13-21-30(27)34)32(38)24-37(28-17-8-4-9-18-28)42(40,41)29-19-10-5-11-20-29/h3-21,25,31H,22-24H2,1-2H3,(H,35,39)/t31-/m1/s1. The number of nitrogens with one attached hydrogen (secondary N) is 1. The smallest absolute Gasteiger partial charge is 0.264 e. The summed E-state index contributed by atoms with van der Waals surface area (Å²) in [4.78, 5) is 29.2. The number of benzene rings is 4. The molecule has 0 aliphatic heterocycles. The molecule has 9 heteroatoms. The van der Waals surface area contributed by atoms with Crippen LogP contribution in [0.5, 0.6) is 0 Å². The summed E-state index contributed by atoms with van der Waals surface area (Å²) < 4.78 is 43.7. The monoisotopic (exact) mass is 587 g/mol. The van der Waals surface area contributed by atoms with Crippen LogP contribution in [0.3, 0.4) is 0 Å². The normalized spacial score (nSPS) is 12.0. The molecule has 0 fully saturated rings. The number of rotatable bonds is 12. The molecule has 218 valence electrons. The van der Waals surface area contributed by atoms with E-state index in [2.05, 4.69) is 5.32 Å². The van der Waals surface area contributed by atoms with Crippen LogP contribution < -0.4 is 9.62 Å². The van der Waals surface area contributed by atoms with E-state index in [-0.39, 0.29) is 35.2 Å². The maximum absolute atomic E-state index is 14.9. The molecule has 4 rings (SSSR count). The molecule has 0 heterocycles. The van der Waals surface area contributed by atoms with Gasteiger partial charge in [0.05, 0.1) is 10.6 Å². The van der Waals surface area contributed by atoms with Gasteiger partial charge in [0, 0.05) is 24.6 Å². The SMILES string of the molecule is CC(C)NC(=O)[C@@H](Cc1ccccc1)N(Cc1ccccc1F)C(=O)CN(c1ccccc1)S(=O)(=O)c1ccccc1. The van der Waals surface area contributed by atoms with Gasteiger partial charge in [-0.15, -0.1) is 0 Å². The number of sulfonamides is 1. The van der Waals surface area contributed by atoms with Gasteiger partial charge < -0.3 is 10.2 Å². The van der Waals surface area contributed by atoms with Crippen LogP contribution in [-0.4, -0.2) is 43.8 Å². The number of para-hydroxylation sites is 1. The van der Waals surface area contributed by atoms with Gasteiger partial charge >= 0.3 is 0 Å². The number of nitrogens with zero attached hydrogens (tertiary/aromatic N) is 2. The van der Waals surface area contributed by atoms with Crippen molar-refractivity contribution in [2.75, 3.05) is 10.8 Å². The largest absolute Gasteiger partial charge is 0.352 e. The zero-order valence-corrected chi connectivity index (χ0v) is 24.4. The van der Waals surface area contributed by atoms with Crippen LogP contribution in [0.2, 0.25) is 0 Å². The van der Waals surface area contributed by atoms with Crippen LogP contribution in [0.1, 0.15) is 25.0 Å². The summed E-state index contributed by atoms with van der Waals surface area (Å²) in [6.07, 6.45) is 0.149. The van der Waals surface area contributed by atoms with Crippen LogP contribution in [0.4, 0.5) is 10.1 Å². The molecule has 0 bridgehead atoms. The Bertz CT molecular complexity index is 1580. The van der Waals surface area contributed by atoms with E-state index in [0.717, 1.165) is 9.87 Å². The van der Waals surface area contributed by atoms with Crippen molar-refractivity contribution in [1.29, 1.82) is 0 Å². The molecule has 0 aliphatic rings. The van der Waals surface area contributed by atoms with Gasteiger partial charge in [-0.1, -0.05) is 84.9 Å². The van der Waals surface area contributed by atoms with E-state index in [1.807, 2.05) is 44.2 Å². The molecule has 4 aromatic rings. The Morgan fingerprint density at radius 2 is 1.33 bits per heavy atom. The summed E-state index contributed by atoms with van der Waals surface area (Å²) in [5.41, 5.74) is 1.29. The lowest BCUT2D eigenvalue weighted by molar-refractivity contribution is -0.140. The average molecular weight is 588 g/mol. The third-order valence-electron chi connectivity index (χ3n) is 6.65. The van der Waals surface area contributed by atoms with Crippen LogP contribution in [0.15, 0.2) is 120 Å². The lowest BCUT2D eigenvalue weighted by Crippen LogP contribution is -2.54. The van der Waals surface area contributed by atoms with E-state index in [1.165, 1.54) is 23.1 Å². The molecule has 0 saturated heterocycles. The fraction of sp³-hybridized carbons (Fsp3) is 0.212. The Morgan fingerprint density at radius 3 is 1.93 bits per heavy atom. The summed E-state index contributed by atoms with van der Waals surface area (Å²) in [5, 5.41) is 2.88. The molecule has 1 N–H and O–H groups in total. The van der Waals surface area contributed by atoms with Gasteiger partial charge in [-0.3, -0.25) is 13.9 Å². The number of carbonyl (C=O) groups is 2. The number of hydrogen-bond donors (Lipinski definition) is 1. The Balaban J connectivity index is 1.79. The van der Waals surface area contributed by atoms with E-state index in [0.29, 0.717) is 0 Å². The van der Waals surface area contributed by atoms with E-state index < -0.39 is 40.2 Å². The molecule has 7 nitrogen and oxygen atoms in total. The zero-order chi connectivity index (χ0) is 30.1. The maximum atomic E-state index is 14.9. The first-order valence-corrected chi connectivity index (χ1v) is 15.1. The molecule has 4 aromatic carbocycles. The second-order valence-electron chi connectivity index (χ2n) is 10.1. The molecule has 0 saturated carbocycles. The van der Waals surface area contributed by atoms with Gasteiger partial charge in [0.15, 0.2) is 0 Å². The predicted octanol–water partition coefficient (Wildman–Crippen LogP) is 5.19. The minimum atomic E-state index is -4.18. The molecule has 1 atom stereocenters. The Morgan fingerprint density at radius 1 is 0.786 bits per heavy atom. The molecular formula is C33H34FN3O4S. The highest BCUT2D eigenvalue weighted by atomic mass is 32.2. The van der Waals surface area contributed by atoms with Crippen molar-refractivity contribution in [1.82, 2.24) is 10.2 Å². The molecular weight excluding hydrogens is 553 g/mol. The summed E-state index contributed by atoms with van der Waals surface area (Å²) in [6, 6.07) is 30.1. The highest BCUT2D eigenvalue weighted by Crippen LogP contribution is 2.25. The molecule has 0 unspecified atom stereocenters. The van der Waals surface area contributed by atoms with Crippen LogP contribution in [0, 0.1) is 5.82 Å². The van der Waals surface area contributed by atoms with E-state index in [1.54, 1.807) is 66.7 Å². The third-order valence-corrected chi connectivity index (χ3v) is 8.44. The quantitative estimate of drug-likeness (QED) is 0.247. The van der Waals surface area contributed by atoms with Crippen molar-refractivity contribution < 1.29 is 22.4 Å². The van der Waals surface area contributed by atoms with Crippen molar-refractivity contribution in [2.45, 2.75) is 43.8 Å². The lowest BCUT2D eigenvalue weighted by atomic mass is 10.0. The molecule has 2 amide bonds. The second kappa shape index (κ2) is 13.9. The fourth-order valence-electron chi connectivity index (χ4n) is 4.59. The molecule has 0 aliphatic carbocycles. The Labute approximate surface area is 246 Å². The Kier molecular flexibility index (Phi) is 10.1. The zero-order valence-electron chi connectivity index (χ0n) is 23.6. The first kappa shape index (κ1) is 30.5. The van der Waals surface area contributed by atoms with Crippen LogP contribution >= 0.6 is 0 Å². The predicted molar refractivity (Wildman–Crippen MR) is 162 cm³/mol. The highest BCUT2D eigenvalue weighted by molar-refractivity contribution is 7.92. The molecule has 42 heavy (non-hydrogen) atoms. The van der Waals surface area contributed by atoms with E-state index in [9.17, 15) is 22.4 Å². The van der Waals surface area contributed by atoms with Gasteiger partial charge in [-0.2, -0.15) is 0 Å². The number of amides is 2. The van der Waals surface area contributed by atoms with Crippen molar-refractivity contribution in [2.24, 2.45) is 0 Å². The summed E-state index contributed by atoms with van der Waals surface area (Å²) in [5.74, 6) is -1.60. The van der Waals surface area contributed by atoms with Gasteiger partial charge in [-0.25, -0.2) is 12.8 Å². The topological polar surface area (TPSA) is 86.8 Å². The molecule has 0 spiro atoms. The number of hydrogen-bond acceptors (Lipinski definition) is 4. The third kappa shape index (κ3) is 7.61. The lowest BCUT2D eigenvalue weighted by Gasteiger charge is -2.34. The van der Waals surface area contributed by atoms with Gasteiger partial charge in [0.25, 0.3) is 10.0 Å². The first-order chi connectivity index (χ1) is 20.2. The second-order valence-corrected chi connectivity index (χ2v) is 12.0.